The van der Waals surface area contributed by atoms with E-state index < -0.39 is 0 Å². The highest BCUT2D eigenvalue weighted by atomic mass is 32.1. The third kappa shape index (κ3) is 1.22. The number of rotatable bonds is 1. The van der Waals surface area contributed by atoms with Gasteiger partial charge in [-0.15, -0.1) is 10.2 Å². The molecular formula is C9H6N4O2S. The van der Waals surface area contributed by atoms with E-state index in [0.717, 1.165) is 0 Å². The first-order valence-corrected chi connectivity index (χ1v) is 5.25. The summed E-state index contributed by atoms with van der Waals surface area (Å²) in [5.41, 5.74) is 0.482. The molecule has 0 spiro atoms. The van der Waals surface area contributed by atoms with Crippen LogP contribution in [-0.4, -0.2) is 30.0 Å². The van der Waals surface area contributed by atoms with Crippen molar-refractivity contribution in [3.63, 3.8) is 0 Å². The van der Waals surface area contributed by atoms with Crippen molar-refractivity contribution in [1.29, 1.82) is 0 Å². The Balaban J connectivity index is 2.23. The van der Waals surface area contributed by atoms with Gasteiger partial charge in [0.2, 0.25) is 4.96 Å². The molecule has 0 aliphatic carbocycles. The third-order valence-electron chi connectivity index (χ3n) is 2.13. The molecule has 6 nitrogen and oxygen atoms in total. The molecule has 2 N–H and O–H groups in total. The van der Waals surface area contributed by atoms with Gasteiger partial charge >= 0.3 is 0 Å². The third-order valence-corrected chi connectivity index (χ3v) is 3.08. The Labute approximate surface area is 93.4 Å². The van der Waals surface area contributed by atoms with Crippen molar-refractivity contribution in [2.45, 2.75) is 0 Å². The van der Waals surface area contributed by atoms with Gasteiger partial charge in [0, 0.05) is 0 Å². The van der Waals surface area contributed by atoms with E-state index in [2.05, 4.69) is 15.3 Å². The fourth-order valence-electron chi connectivity index (χ4n) is 1.37. The number of para-hydroxylation sites is 1. The van der Waals surface area contributed by atoms with Crippen molar-refractivity contribution >= 4 is 16.3 Å². The highest BCUT2D eigenvalue weighted by Gasteiger charge is 2.13. The van der Waals surface area contributed by atoms with Crippen LogP contribution in [0.15, 0.2) is 24.5 Å². The molecule has 80 valence electrons. The molecular weight excluding hydrogens is 228 g/mol. The minimum absolute atomic E-state index is 0.163. The van der Waals surface area contributed by atoms with Gasteiger partial charge in [0.05, 0.1) is 5.56 Å². The molecule has 0 saturated carbocycles. The average molecular weight is 234 g/mol. The van der Waals surface area contributed by atoms with Crippen molar-refractivity contribution in [3.05, 3.63) is 24.5 Å². The average Bonchev–Trinajstić information content (AvgIpc) is 2.81. The second kappa shape index (κ2) is 3.17. The summed E-state index contributed by atoms with van der Waals surface area (Å²) < 4.78 is 1.52. The number of hydrogen-bond donors (Lipinski definition) is 2. The zero-order valence-corrected chi connectivity index (χ0v) is 8.72. The number of phenols is 2. The summed E-state index contributed by atoms with van der Waals surface area (Å²) in [4.78, 5) is 0.637. The molecule has 16 heavy (non-hydrogen) atoms. The van der Waals surface area contributed by atoms with Gasteiger partial charge in [-0.05, 0) is 12.1 Å². The Morgan fingerprint density at radius 2 is 2.12 bits per heavy atom. The van der Waals surface area contributed by atoms with Crippen LogP contribution in [0.25, 0.3) is 15.5 Å². The molecule has 0 aliphatic rings. The lowest BCUT2D eigenvalue weighted by Crippen LogP contribution is -1.83. The van der Waals surface area contributed by atoms with Crippen LogP contribution in [0.2, 0.25) is 0 Å². The van der Waals surface area contributed by atoms with Crippen LogP contribution < -0.4 is 0 Å². The standard InChI is InChI=1S/C9H6N4O2S/c14-6-3-1-2-5(7(6)15)8-12-13-4-10-11-9(13)16-8/h1-4,14-15H. The van der Waals surface area contributed by atoms with Crippen molar-refractivity contribution in [3.8, 4) is 22.1 Å². The highest BCUT2D eigenvalue weighted by molar-refractivity contribution is 7.19. The smallest absolute Gasteiger partial charge is 0.234 e. The van der Waals surface area contributed by atoms with Crippen molar-refractivity contribution < 1.29 is 10.2 Å². The molecule has 0 fully saturated rings. The zero-order chi connectivity index (χ0) is 11.1. The van der Waals surface area contributed by atoms with E-state index in [1.165, 1.54) is 28.2 Å². The minimum atomic E-state index is -0.174. The molecule has 2 heterocycles. The maximum absolute atomic E-state index is 9.69. The van der Waals surface area contributed by atoms with Crippen LogP contribution in [0.4, 0.5) is 0 Å². The Kier molecular flexibility index (Phi) is 1.80. The number of aromatic nitrogens is 4. The number of aromatic hydroxyl groups is 2. The first kappa shape index (κ1) is 9.10. The highest BCUT2D eigenvalue weighted by Crippen LogP contribution is 2.37. The predicted octanol–water partition coefficient (Wildman–Crippen LogP) is 1.26. The minimum Gasteiger partial charge on any atom is -0.504 e. The molecule has 7 heteroatoms. The molecule has 0 aliphatic heterocycles. The maximum atomic E-state index is 9.69. The lowest BCUT2D eigenvalue weighted by Gasteiger charge is -2.01. The second-order valence-corrected chi connectivity index (χ2v) is 4.09. The zero-order valence-electron chi connectivity index (χ0n) is 7.90. The van der Waals surface area contributed by atoms with Crippen LogP contribution in [0, 0.1) is 0 Å². The molecule has 0 bridgehead atoms. The second-order valence-electron chi connectivity index (χ2n) is 3.14. The lowest BCUT2D eigenvalue weighted by atomic mass is 10.2. The number of benzene rings is 1. The van der Waals surface area contributed by atoms with Crippen LogP contribution >= 0.6 is 11.3 Å². The fourth-order valence-corrected chi connectivity index (χ4v) is 2.22. The molecule has 0 saturated heterocycles. The Morgan fingerprint density at radius 1 is 1.25 bits per heavy atom. The van der Waals surface area contributed by atoms with E-state index in [0.29, 0.717) is 15.5 Å². The first-order chi connectivity index (χ1) is 7.75. The lowest BCUT2D eigenvalue weighted by molar-refractivity contribution is 0.405. The molecule has 2 aromatic heterocycles. The molecule has 3 rings (SSSR count). The number of fused-ring (bicyclic) bond motifs is 1. The van der Waals surface area contributed by atoms with E-state index in [-0.39, 0.29) is 11.5 Å². The fraction of sp³-hybridized carbons (Fsp3) is 0. The molecule has 0 atom stereocenters. The summed E-state index contributed by atoms with van der Waals surface area (Å²) in [5, 5.41) is 31.4. The Hall–Kier alpha value is -2.15. The van der Waals surface area contributed by atoms with E-state index in [9.17, 15) is 10.2 Å². The molecule has 0 unspecified atom stereocenters. The van der Waals surface area contributed by atoms with Gasteiger partial charge in [0.15, 0.2) is 16.5 Å². The topological polar surface area (TPSA) is 83.5 Å². The summed E-state index contributed by atoms with van der Waals surface area (Å²) in [5.74, 6) is -0.337. The largest absolute Gasteiger partial charge is 0.504 e. The van der Waals surface area contributed by atoms with E-state index >= 15 is 0 Å². The van der Waals surface area contributed by atoms with E-state index in [4.69, 9.17) is 0 Å². The number of phenolic OH excluding ortho intramolecular Hbond substituents is 2. The summed E-state index contributed by atoms with van der Waals surface area (Å²) in [6.07, 6.45) is 1.48. The SMILES string of the molecule is Oc1cccc(-c2nn3cnnc3s2)c1O. The Bertz CT molecular complexity index is 632. The summed E-state index contributed by atoms with van der Waals surface area (Å²) in [6, 6.07) is 4.74. The van der Waals surface area contributed by atoms with Crippen LogP contribution in [0.5, 0.6) is 11.5 Å². The van der Waals surface area contributed by atoms with Crippen molar-refractivity contribution in [1.82, 2.24) is 19.8 Å². The van der Waals surface area contributed by atoms with Gasteiger partial charge in [0.1, 0.15) is 6.33 Å². The van der Waals surface area contributed by atoms with Crippen LogP contribution in [0.3, 0.4) is 0 Å². The molecule has 1 aromatic carbocycles. The van der Waals surface area contributed by atoms with Crippen LogP contribution in [0.1, 0.15) is 0 Å². The van der Waals surface area contributed by atoms with Crippen LogP contribution in [-0.2, 0) is 0 Å². The van der Waals surface area contributed by atoms with E-state index in [1.54, 1.807) is 12.1 Å². The molecule has 3 aromatic rings. The normalized spacial score (nSPS) is 11.0. The van der Waals surface area contributed by atoms with Crippen molar-refractivity contribution in [2.24, 2.45) is 0 Å². The monoisotopic (exact) mass is 234 g/mol. The quantitative estimate of drug-likeness (QED) is 0.619. The molecule has 0 radical (unpaired) electrons. The maximum Gasteiger partial charge on any atom is 0.234 e. The molecule has 0 amide bonds. The van der Waals surface area contributed by atoms with Gasteiger partial charge in [-0.2, -0.15) is 9.61 Å². The number of hydrogen-bond acceptors (Lipinski definition) is 6. The van der Waals surface area contributed by atoms with E-state index in [1.807, 2.05) is 0 Å². The summed E-state index contributed by atoms with van der Waals surface area (Å²) in [7, 11) is 0. The summed E-state index contributed by atoms with van der Waals surface area (Å²) in [6.45, 7) is 0. The summed E-state index contributed by atoms with van der Waals surface area (Å²) >= 11 is 1.29. The van der Waals surface area contributed by atoms with Gasteiger partial charge in [-0.25, -0.2) is 0 Å². The van der Waals surface area contributed by atoms with Gasteiger partial charge in [0.25, 0.3) is 0 Å². The van der Waals surface area contributed by atoms with Gasteiger partial charge in [-0.1, -0.05) is 17.4 Å². The first-order valence-electron chi connectivity index (χ1n) is 4.44. The number of nitrogens with zero attached hydrogens (tertiary/aromatic N) is 4. The van der Waals surface area contributed by atoms with Crippen molar-refractivity contribution in [2.75, 3.05) is 0 Å². The van der Waals surface area contributed by atoms with Gasteiger partial charge < -0.3 is 10.2 Å². The van der Waals surface area contributed by atoms with Gasteiger partial charge in [-0.3, -0.25) is 0 Å². The Morgan fingerprint density at radius 3 is 2.94 bits per heavy atom. The predicted molar refractivity (Wildman–Crippen MR) is 57.4 cm³/mol.